The van der Waals surface area contributed by atoms with Crippen LogP contribution in [0.15, 0.2) is 36.4 Å². The number of ether oxygens (including phenoxy) is 4. The van der Waals surface area contributed by atoms with Gasteiger partial charge in [-0.05, 0) is 60.3 Å². The minimum absolute atomic E-state index is 0.0978. The van der Waals surface area contributed by atoms with Gasteiger partial charge >= 0.3 is 13.2 Å². The van der Waals surface area contributed by atoms with Crippen LogP contribution in [0.25, 0.3) is 11.1 Å². The lowest BCUT2D eigenvalue weighted by molar-refractivity contribution is -0.129. The number of benzene rings is 2. The number of aliphatic hydroxyl groups is 1. The summed E-state index contributed by atoms with van der Waals surface area (Å²) in [6.45, 7) is 4.45. The molecular formula is C24H32F4O5Si. The van der Waals surface area contributed by atoms with Crippen LogP contribution < -0.4 is 9.47 Å². The molecule has 0 amide bonds. The summed E-state index contributed by atoms with van der Waals surface area (Å²) in [5.41, 5.74) is 1.39. The van der Waals surface area contributed by atoms with Gasteiger partial charge in [-0.3, -0.25) is 0 Å². The van der Waals surface area contributed by atoms with Crippen LogP contribution in [0.5, 0.6) is 11.5 Å². The molecule has 0 aliphatic heterocycles. The largest absolute Gasteiger partial charge is 0.431 e. The lowest BCUT2D eigenvalue weighted by Crippen LogP contribution is -2.25. The van der Waals surface area contributed by atoms with Gasteiger partial charge in [0, 0.05) is 14.7 Å². The first-order valence-electron chi connectivity index (χ1n) is 10.8. The van der Waals surface area contributed by atoms with Crippen molar-refractivity contribution in [1.29, 1.82) is 0 Å². The monoisotopic (exact) mass is 504 g/mol. The highest BCUT2D eigenvalue weighted by atomic mass is 28.3. The predicted octanol–water partition coefficient (Wildman–Crippen LogP) is 6.61. The number of rotatable bonds is 13. The SMILES string of the molecule is CC(C)(OCOCC[Si](C)(C)C)c1ccc(CO)c(-c2ccc(OC(F)F)c(OC(F)F)c2)c1. The zero-order valence-electron chi connectivity index (χ0n) is 20.0. The van der Waals surface area contributed by atoms with Crippen molar-refractivity contribution in [3.05, 3.63) is 47.5 Å². The van der Waals surface area contributed by atoms with Crippen LogP contribution in [0.3, 0.4) is 0 Å². The second kappa shape index (κ2) is 12.0. The topological polar surface area (TPSA) is 57.2 Å². The summed E-state index contributed by atoms with van der Waals surface area (Å²) in [7, 11) is -1.21. The van der Waals surface area contributed by atoms with Gasteiger partial charge in [-0.25, -0.2) is 0 Å². The fraction of sp³-hybridized carbons (Fsp3) is 0.500. The van der Waals surface area contributed by atoms with Gasteiger partial charge in [0.25, 0.3) is 0 Å². The van der Waals surface area contributed by atoms with E-state index < -0.39 is 38.4 Å². The van der Waals surface area contributed by atoms with Gasteiger partial charge in [-0.15, -0.1) is 0 Å². The molecule has 190 valence electrons. The van der Waals surface area contributed by atoms with Crippen molar-refractivity contribution in [2.24, 2.45) is 0 Å². The molecule has 1 N–H and O–H groups in total. The van der Waals surface area contributed by atoms with Crippen molar-refractivity contribution in [2.75, 3.05) is 13.4 Å². The van der Waals surface area contributed by atoms with Gasteiger partial charge < -0.3 is 24.1 Å². The molecule has 10 heteroatoms. The summed E-state index contributed by atoms with van der Waals surface area (Å²) in [6.07, 6.45) is 0. The molecule has 0 bridgehead atoms. The molecule has 0 aliphatic rings. The number of halogens is 4. The maximum Gasteiger partial charge on any atom is 0.387 e. The molecule has 2 rings (SSSR count). The molecule has 0 spiro atoms. The third-order valence-corrected chi connectivity index (χ3v) is 6.87. The summed E-state index contributed by atoms with van der Waals surface area (Å²) in [5.74, 6) is -1.05. The Hall–Kier alpha value is -2.14. The van der Waals surface area contributed by atoms with Crippen molar-refractivity contribution < 1.29 is 41.6 Å². The smallest absolute Gasteiger partial charge is 0.387 e. The number of alkyl halides is 4. The highest BCUT2D eigenvalue weighted by molar-refractivity contribution is 6.76. The average molecular weight is 505 g/mol. The Morgan fingerprint density at radius 2 is 1.56 bits per heavy atom. The van der Waals surface area contributed by atoms with Crippen molar-refractivity contribution >= 4 is 8.07 Å². The molecular weight excluding hydrogens is 472 g/mol. The Kier molecular flexibility index (Phi) is 9.92. The van der Waals surface area contributed by atoms with Crippen LogP contribution in [-0.4, -0.2) is 39.8 Å². The van der Waals surface area contributed by atoms with Gasteiger partial charge in [-0.1, -0.05) is 37.8 Å². The lowest BCUT2D eigenvalue weighted by atomic mass is 9.91. The predicted molar refractivity (Wildman–Crippen MR) is 124 cm³/mol. The van der Waals surface area contributed by atoms with Crippen LogP contribution in [0, 0.1) is 0 Å². The van der Waals surface area contributed by atoms with Crippen LogP contribution in [0.2, 0.25) is 25.7 Å². The van der Waals surface area contributed by atoms with E-state index in [2.05, 4.69) is 29.1 Å². The first-order chi connectivity index (χ1) is 15.8. The van der Waals surface area contributed by atoms with E-state index in [0.29, 0.717) is 23.3 Å². The third kappa shape index (κ3) is 8.57. The van der Waals surface area contributed by atoms with E-state index in [9.17, 15) is 22.7 Å². The number of aliphatic hydroxyl groups excluding tert-OH is 1. The lowest BCUT2D eigenvalue weighted by Gasteiger charge is -2.27. The Labute approximate surface area is 198 Å². The van der Waals surface area contributed by atoms with Gasteiger partial charge in [-0.2, -0.15) is 17.6 Å². The molecule has 34 heavy (non-hydrogen) atoms. The molecule has 0 atom stereocenters. The zero-order chi connectivity index (χ0) is 25.5. The molecule has 0 aliphatic carbocycles. The number of hydrogen-bond donors (Lipinski definition) is 1. The molecule has 0 unspecified atom stereocenters. The second-order valence-electron chi connectivity index (χ2n) is 9.44. The van der Waals surface area contributed by atoms with E-state index in [1.807, 2.05) is 13.8 Å². The standard InChI is InChI=1S/C24H32F4O5Si/c1-24(2,31-15-30-10-11-34(3,4)5)18-8-6-17(14-29)19(13-18)16-7-9-20(32-22(25)26)21(12-16)33-23(27)28/h6-9,12-13,22-23,29H,10-11,14-15H2,1-5H3. The summed E-state index contributed by atoms with van der Waals surface area (Å²) >= 11 is 0. The van der Waals surface area contributed by atoms with Crippen LogP contribution in [-0.2, 0) is 21.7 Å². The van der Waals surface area contributed by atoms with E-state index in [1.54, 1.807) is 18.2 Å². The van der Waals surface area contributed by atoms with Crippen LogP contribution in [0.1, 0.15) is 25.0 Å². The highest BCUT2D eigenvalue weighted by Gasteiger charge is 2.24. The summed E-state index contributed by atoms with van der Waals surface area (Å²) in [5, 5.41) is 9.80. The fourth-order valence-electron chi connectivity index (χ4n) is 3.12. The van der Waals surface area contributed by atoms with Crippen molar-refractivity contribution in [3.8, 4) is 22.6 Å². The average Bonchev–Trinajstić information content (AvgIpc) is 2.72. The first kappa shape index (κ1) is 28.1. The fourth-order valence-corrected chi connectivity index (χ4v) is 3.88. The van der Waals surface area contributed by atoms with E-state index in [4.69, 9.17) is 9.47 Å². The third-order valence-electron chi connectivity index (χ3n) is 5.16. The molecule has 0 radical (unpaired) electrons. The van der Waals surface area contributed by atoms with E-state index in [1.165, 1.54) is 12.1 Å². The van der Waals surface area contributed by atoms with Crippen molar-refractivity contribution in [3.63, 3.8) is 0 Å². The minimum Gasteiger partial charge on any atom is -0.431 e. The molecule has 0 fully saturated rings. The van der Waals surface area contributed by atoms with E-state index in [-0.39, 0.29) is 13.4 Å². The summed E-state index contributed by atoms with van der Waals surface area (Å²) < 4.78 is 71.2. The first-order valence-corrected chi connectivity index (χ1v) is 14.5. The second-order valence-corrected chi connectivity index (χ2v) is 15.1. The van der Waals surface area contributed by atoms with Crippen molar-refractivity contribution in [2.45, 2.75) is 65.0 Å². The maximum absolute atomic E-state index is 12.8. The summed E-state index contributed by atoms with van der Waals surface area (Å²) in [6, 6.07) is 9.99. The van der Waals surface area contributed by atoms with Crippen molar-refractivity contribution in [1.82, 2.24) is 0 Å². The normalized spacial score (nSPS) is 12.5. The zero-order valence-corrected chi connectivity index (χ0v) is 21.0. The molecule has 0 saturated heterocycles. The van der Waals surface area contributed by atoms with Gasteiger partial charge in [0.05, 0.1) is 12.2 Å². The highest BCUT2D eigenvalue weighted by Crippen LogP contribution is 2.37. The van der Waals surface area contributed by atoms with Crippen LogP contribution >= 0.6 is 0 Å². The van der Waals surface area contributed by atoms with Gasteiger partial charge in [0.2, 0.25) is 0 Å². The maximum atomic E-state index is 12.8. The molecule has 2 aromatic carbocycles. The molecule has 0 aromatic heterocycles. The molecule has 5 nitrogen and oxygen atoms in total. The van der Waals surface area contributed by atoms with E-state index >= 15 is 0 Å². The van der Waals surface area contributed by atoms with Gasteiger partial charge in [0.1, 0.15) is 6.79 Å². The van der Waals surface area contributed by atoms with Crippen LogP contribution in [0.4, 0.5) is 17.6 Å². The molecule has 0 heterocycles. The minimum atomic E-state index is -3.23. The molecule has 0 saturated carbocycles. The van der Waals surface area contributed by atoms with Gasteiger partial charge in [0.15, 0.2) is 11.5 Å². The molecule has 2 aromatic rings. The number of hydrogen-bond acceptors (Lipinski definition) is 5. The summed E-state index contributed by atoms with van der Waals surface area (Å²) in [4.78, 5) is 0. The Morgan fingerprint density at radius 1 is 0.912 bits per heavy atom. The Bertz CT molecular complexity index is 932. The van der Waals surface area contributed by atoms with E-state index in [0.717, 1.165) is 17.7 Å². The Balaban J connectivity index is 2.30. The quantitative estimate of drug-likeness (QED) is 0.144. The Morgan fingerprint density at radius 3 is 2.15 bits per heavy atom.